The summed E-state index contributed by atoms with van der Waals surface area (Å²) in [7, 11) is -3.23. The lowest BCUT2D eigenvalue weighted by molar-refractivity contribution is -0.144. The number of hydrogen-bond acceptors (Lipinski definition) is 5. The monoisotopic (exact) mass is 288 g/mol. The number of alkyl halides is 3. The average molecular weight is 288 g/mol. The molecule has 0 aliphatic rings. The van der Waals surface area contributed by atoms with Gasteiger partial charge in [0.2, 0.25) is 15.7 Å². The van der Waals surface area contributed by atoms with Crippen LogP contribution in [0.2, 0.25) is 0 Å². The van der Waals surface area contributed by atoms with Gasteiger partial charge >= 0.3 is 6.18 Å². The smallest absolute Gasteiger partial charge is 0.436 e. The van der Waals surface area contributed by atoms with E-state index in [1.807, 2.05) is 0 Å². The van der Waals surface area contributed by atoms with E-state index in [9.17, 15) is 26.0 Å². The molecule has 1 rings (SSSR count). The molecule has 0 amide bonds. The van der Waals surface area contributed by atoms with Gasteiger partial charge in [0.05, 0.1) is 12.9 Å². The number of rotatable bonds is 3. The first kappa shape index (κ1) is 14.6. The third-order valence-corrected chi connectivity index (χ3v) is 3.42. The van der Waals surface area contributed by atoms with E-state index in [4.69, 9.17) is 0 Å². The highest BCUT2D eigenvalue weighted by Gasteiger charge is 2.40. The molecule has 18 heavy (non-hydrogen) atoms. The zero-order chi connectivity index (χ0) is 14.1. The van der Waals surface area contributed by atoms with E-state index in [1.165, 1.54) is 6.92 Å². The number of methoxy groups -OCH3 is 1. The predicted molar refractivity (Wildman–Crippen MR) is 51.3 cm³/mol. The molecule has 1 heterocycles. The highest BCUT2D eigenvalue weighted by atomic mass is 32.2. The van der Waals surface area contributed by atoms with Crippen LogP contribution in [0, 0.1) is 5.82 Å². The normalized spacial score (nSPS) is 12.6. The topological polar surface area (TPSA) is 69.2 Å². The third kappa shape index (κ3) is 2.68. The largest absolute Gasteiger partial charge is 0.479 e. The van der Waals surface area contributed by atoms with Gasteiger partial charge in [-0.05, 0) is 0 Å². The van der Waals surface area contributed by atoms with Crippen molar-refractivity contribution in [1.82, 2.24) is 9.97 Å². The van der Waals surface area contributed by atoms with Crippen LogP contribution in [-0.2, 0) is 16.0 Å². The highest BCUT2D eigenvalue weighted by molar-refractivity contribution is 7.91. The Bertz CT molecular complexity index is 556. The van der Waals surface area contributed by atoms with Crippen LogP contribution in [0.3, 0.4) is 0 Å². The van der Waals surface area contributed by atoms with Crippen molar-refractivity contribution in [2.45, 2.75) is 18.3 Å². The second-order valence-corrected chi connectivity index (χ2v) is 5.25. The standard InChI is InChI=1S/C8H8F4N2O3S/c1-3-18(15,16)7-13-5(8(10,11)12)4(9)6(14-7)17-2/h3H2,1-2H3. The lowest BCUT2D eigenvalue weighted by atomic mass is 10.4. The number of halogens is 4. The summed E-state index contributed by atoms with van der Waals surface area (Å²) >= 11 is 0. The van der Waals surface area contributed by atoms with Gasteiger partial charge in [0.25, 0.3) is 11.0 Å². The molecule has 0 aromatic carbocycles. The average Bonchev–Trinajstić information content (AvgIpc) is 2.27. The molecule has 0 aliphatic carbocycles. The summed E-state index contributed by atoms with van der Waals surface area (Å²) in [6.45, 7) is 1.20. The molecule has 0 bridgehead atoms. The van der Waals surface area contributed by atoms with E-state index in [1.54, 1.807) is 0 Å². The number of aromatic nitrogens is 2. The van der Waals surface area contributed by atoms with Crippen LogP contribution in [0.5, 0.6) is 5.88 Å². The van der Waals surface area contributed by atoms with Crippen molar-refractivity contribution in [3.63, 3.8) is 0 Å². The second-order valence-electron chi connectivity index (χ2n) is 3.08. The van der Waals surface area contributed by atoms with Gasteiger partial charge in [0.1, 0.15) is 0 Å². The van der Waals surface area contributed by atoms with Gasteiger partial charge < -0.3 is 4.74 Å². The minimum absolute atomic E-state index is 0.515. The summed E-state index contributed by atoms with van der Waals surface area (Å²) in [5.41, 5.74) is -1.97. The molecule has 0 radical (unpaired) electrons. The lowest BCUT2D eigenvalue weighted by Gasteiger charge is -2.10. The zero-order valence-electron chi connectivity index (χ0n) is 9.25. The fourth-order valence-corrected chi connectivity index (χ4v) is 1.71. The van der Waals surface area contributed by atoms with Crippen LogP contribution in [0.4, 0.5) is 17.6 Å². The Morgan fingerprint density at radius 1 is 1.28 bits per heavy atom. The number of hydrogen-bond donors (Lipinski definition) is 0. The molecule has 0 fully saturated rings. The minimum atomic E-state index is -5.14. The lowest BCUT2D eigenvalue weighted by Crippen LogP contribution is -2.18. The number of nitrogens with zero attached hydrogens (tertiary/aromatic N) is 2. The minimum Gasteiger partial charge on any atom is -0.479 e. The molecule has 10 heteroatoms. The van der Waals surface area contributed by atoms with Gasteiger partial charge in [0, 0.05) is 0 Å². The molecule has 0 atom stereocenters. The zero-order valence-corrected chi connectivity index (χ0v) is 10.1. The maximum Gasteiger partial charge on any atom is 0.436 e. The predicted octanol–water partition coefficient (Wildman–Crippen LogP) is 1.44. The summed E-state index contributed by atoms with van der Waals surface area (Å²) in [6.07, 6.45) is -5.14. The quantitative estimate of drug-likeness (QED) is 0.621. The molecule has 0 spiro atoms. The molecule has 1 aromatic heterocycles. The van der Waals surface area contributed by atoms with Gasteiger partial charge in [-0.1, -0.05) is 6.92 Å². The summed E-state index contributed by atoms with van der Waals surface area (Å²) < 4.78 is 77.7. The van der Waals surface area contributed by atoms with Gasteiger partial charge in [-0.15, -0.1) is 0 Å². The fourth-order valence-electron chi connectivity index (χ4n) is 0.998. The molecule has 0 N–H and O–H groups in total. The van der Waals surface area contributed by atoms with E-state index in [0.717, 1.165) is 7.11 Å². The molecule has 0 unspecified atom stereocenters. The van der Waals surface area contributed by atoms with Gasteiger partial charge in [0.15, 0.2) is 5.69 Å². The number of ether oxygens (including phenoxy) is 1. The van der Waals surface area contributed by atoms with Crippen molar-refractivity contribution >= 4 is 9.84 Å². The maximum absolute atomic E-state index is 13.3. The van der Waals surface area contributed by atoms with Crippen molar-refractivity contribution in [1.29, 1.82) is 0 Å². The van der Waals surface area contributed by atoms with Gasteiger partial charge in [-0.2, -0.15) is 22.5 Å². The maximum atomic E-state index is 13.3. The molecular formula is C8H8F4N2O3S. The van der Waals surface area contributed by atoms with Gasteiger partial charge in [-0.25, -0.2) is 13.4 Å². The van der Waals surface area contributed by atoms with Crippen molar-refractivity contribution < 1.29 is 30.7 Å². The Hall–Kier alpha value is -1.45. The van der Waals surface area contributed by atoms with Crippen molar-refractivity contribution in [2.75, 3.05) is 12.9 Å². The molecule has 1 aromatic rings. The van der Waals surface area contributed by atoms with E-state index in [2.05, 4.69) is 14.7 Å². The molecule has 0 aliphatic heterocycles. The van der Waals surface area contributed by atoms with E-state index in [0.29, 0.717) is 0 Å². The van der Waals surface area contributed by atoms with Gasteiger partial charge in [-0.3, -0.25) is 0 Å². The Labute approximate surface area is 99.7 Å². The van der Waals surface area contributed by atoms with Crippen LogP contribution >= 0.6 is 0 Å². The SMILES string of the molecule is CCS(=O)(=O)c1nc(OC)c(F)c(C(F)(F)F)n1. The Morgan fingerprint density at radius 3 is 2.22 bits per heavy atom. The van der Waals surface area contributed by atoms with Crippen molar-refractivity contribution in [3.05, 3.63) is 11.5 Å². The summed E-state index contributed by atoms with van der Waals surface area (Å²) in [4.78, 5) is 5.83. The van der Waals surface area contributed by atoms with Crippen LogP contribution in [0.1, 0.15) is 12.6 Å². The third-order valence-electron chi connectivity index (χ3n) is 1.92. The molecule has 0 saturated heterocycles. The van der Waals surface area contributed by atoms with Crippen LogP contribution < -0.4 is 4.74 Å². The summed E-state index contributed by atoms with van der Waals surface area (Å²) in [6, 6.07) is 0. The van der Waals surface area contributed by atoms with E-state index in [-0.39, 0.29) is 0 Å². The fraction of sp³-hybridized carbons (Fsp3) is 0.500. The van der Waals surface area contributed by atoms with Crippen LogP contribution in [0.15, 0.2) is 5.16 Å². The first-order valence-electron chi connectivity index (χ1n) is 4.55. The Balaban J connectivity index is 3.61. The summed E-state index contributed by atoms with van der Waals surface area (Å²) in [5, 5.41) is -1.12. The molecule has 5 nitrogen and oxygen atoms in total. The van der Waals surface area contributed by atoms with Crippen molar-refractivity contribution in [2.24, 2.45) is 0 Å². The molecule has 102 valence electrons. The first-order chi connectivity index (χ1) is 8.13. The second kappa shape index (κ2) is 4.67. The molecular weight excluding hydrogens is 280 g/mol. The van der Waals surface area contributed by atoms with Crippen LogP contribution in [0.25, 0.3) is 0 Å². The molecule has 0 saturated carbocycles. The van der Waals surface area contributed by atoms with E-state index >= 15 is 0 Å². The van der Waals surface area contributed by atoms with Crippen molar-refractivity contribution in [3.8, 4) is 5.88 Å². The highest BCUT2D eigenvalue weighted by Crippen LogP contribution is 2.33. The Kier molecular flexibility index (Phi) is 3.79. The Morgan fingerprint density at radius 2 is 1.83 bits per heavy atom. The number of sulfone groups is 1. The van der Waals surface area contributed by atoms with Crippen LogP contribution in [-0.4, -0.2) is 31.2 Å². The summed E-state index contributed by atoms with van der Waals surface area (Å²) in [5.74, 6) is -3.43. The first-order valence-corrected chi connectivity index (χ1v) is 6.20. The van der Waals surface area contributed by atoms with E-state index < -0.39 is 44.3 Å².